The molecule has 0 bridgehead atoms. The second-order valence-electron chi connectivity index (χ2n) is 4.35. The average Bonchev–Trinajstić information content (AvgIpc) is 2.41. The van der Waals surface area contributed by atoms with Gasteiger partial charge in [-0.2, -0.15) is 0 Å². The molecule has 0 radical (unpaired) electrons. The molecule has 0 aliphatic rings. The molecule has 0 aromatic heterocycles. The summed E-state index contributed by atoms with van der Waals surface area (Å²) in [6.07, 6.45) is 2.10. The molecular weight excluding hydrogens is 352 g/mol. The number of alkyl halides is 1. The van der Waals surface area contributed by atoms with E-state index in [2.05, 4.69) is 87.3 Å². The van der Waals surface area contributed by atoms with Crippen molar-refractivity contribution >= 4 is 31.9 Å². The molecule has 0 heterocycles. The number of aryl methyl sites for hydroxylation is 1. The minimum atomic E-state index is 0.384. The van der Waals surface area contributed by atoms with E-state index in [4.69, 9.17) is 0 Å². The fourth-order valence-electron chi connectivity index (χ4n) is 2.10. The Morgan fingerprint density at radius 3 is 2.33 bits per heavy atom. The molecule has 1 atom stereocenters. The molecule has 0 nitrogen and oxygen atoms in total. The zero-order chi connectivity index (χ0) is 13.0. The predicted molar refractivity (Wildman–Crippen MR) is 85.3 cm³/mol. The fourth-order valence-corrected chi connectivity index (χ4v) is 3.18. The summed E-state index contributed by atoms with van der Waals surface area (Å²) in [6, 6.07) is 17.2. The van der Waals surface area contributed by atoms with Gasteiger partial charge in [0.25, 0.3) is 0 Å². The van der Waals surface area contributed by atoms with Gasteiger partial charge in [0.2, 0.25) is 0 Å². The minimum Gasteiger partial charge on any atom is -0.0835 e. The largest absolute Gasteiger partial charge is 0.0835 e. The molecule has 2 aromatic rings. The van der Waals surface area contributed by atoms with E-state index in [9.17, 15) is 0 Å². The molecule has 1 unspecified atom stereocenters. The number of benzene rings is 2. The zero-order valence-electron chi connectivity index (χ0n) is 10.4. The van der Waals surface area contributed by atoms with Crippen LogP contribution in [-0.4, -0.2) is 0 Å². The van der Waals surface area contributed by atoms with Crippen molar-refractivity contribution in [2.24, 2.45) is 0 Å². The number of hydrogen-bond donors (Lipinski definition) is 0. The van der Waals surface area contributed by atoms with Crippen molar-refractivity contribution < 1.29 is 0 Å². The highest BCUT2D eigenvalue weighted by molar-refractivity contribution is 9.10. The Balaban J connectivity index is 2.16. The first-order chi connectivity index (χ1) is 8.70. The van der Waals surface area contributed by atoms with E-state index >= 15 is 0 Å². The van der Waals surface area contributed by atoms with Gasteiger partial charge in [0.1, 0.15) is 0 Å². The summed E-state index contributed by atoms with van der Waals surface area (Å²) >= 11 is 7.29. The van der Waals surface area contributed by atoms with E-state index in [1.165, 1.54) is 16.7 Å². The Hall–Kier alpha value is -0.600. The number of hydrogen-bond acceptors (Lipinski definition) is 0. The Kier molecular flexibility index (Phi) is 5.02. The van der Waals surface area contributed by atoms with Gasteiger partial charge in [-0.05, 0) is 41.7 Å². The summed E-state index contributed by atoms with van der Waals surface area (Å²) in [5.74, 6) is 0. The predicted octanol–water partition coefficient (Wildman–Crippen LogP) is 5.69. The highest BCUT2D eigenvalue weighted by atomic mass is 79.9. The van der Waals surface area contributed by atoms with Crippen molar-refractivity contribution in [3.63, 3.8) is 0 Å². The SMILES string of the molecule is CCc1ccccc1C(Br)Cc1ccc(Br)cc1. The number of rotatable bonds is 4. The summed E-state index contributed by atoms with van der Waals surface area (Å²) in [7, 11) is 0. The van der Waals surface area contributed by atoms with Crippen molar-refractivity contribution in [1.29, 1.82) is 0 Å². The molecule has 0 saturated heterocycles. The van der Waals surface area contributed by atoms with Crippen LogP contribution < -0.4 is 0 Å². The smallest absolute Gasteiger partial charge is 0.0438 e. The lowest BCUT2D eigenvalue weighted by Crippen LogP contribution is -1.99. The maximum absolute atomic E-state index is 3.82. The van der Waals surface area contributed by atoms with Crippen molar-refractivity contribution in [2.75, 3.05) is 0 Å². The van der Waals surface area contributed by atoms with Gasteiger partial charge in [-0.3, -0.25) is 0 Å². The molecule has 0 spiro atoms. The van der Waals surface area contributed by atoms with E-state index in [0.29, 0.717) is 4.83 Å². The first-order valence-corrected chi connectivity index (χ1v) is 7.88. The molecule has 0 aliphatic heterocycles. The van der Waals surface area contributed by atoms with Gasteiger partial charge in [-0.25, -0.2) is 0 Å². The molecule has 0 aliphatic carbocycles. The third-order valence-corrected chi connectivity index (χ3v) is 4.45. The van der Waals surface area contributed by atoms with Gasteiger partial charge >= 0.3 is 0 Å². The molecule has 0 amide bonds. The van der Waals surface area contributed by atoms with E-state index in [-0.39, 0.29) is 0 Å². The summed E-state index contributed by atoms with van der Waals surface area (Å²) in [5.41, 5.74) is 4.19. The highest BCUT2D eigenvalue weighted by Gasteiger charge is 2.11. The zero-order valence-corrected chi connectivity index (χ0v) is 13.5. The monoisotopic (exact) mass is 366 g/mol. The van der Waals surface area contributed by atoms with Crippen LogP contribution in [0.3, 0.4) is 0 Å². The van der Waals surface area contributed by atoms with Crippen LogP contribution in [0.25, 0.3) is 0 Å². The van der Waals surface area contributed by atoms with Gasteiger partial charge in [0, 0.05) is 9.30 Å². The van der Waals surface area contributed by atoms with E-state index in [1.807, 2.05) is 0 Å². The molecule has 2 heteroatoms. The average molecular weight is 368 g/mol. The van der Waals surface area contributed by atoms with Gasteiger partial charge in [0.05, 0.1) is 0 Å². The summed E-state index contributed by atoms with van der Waals surface area (Å²) in [6.45, 7) is 2.21. The Morgan fingerprint density at radius 2 is 1.67 bits per heavy atom. The van der Waals surface area contributed by atoms with E-state index in [0.717, 1.165) is 17.3 Å². The summed E-state index contributed by atoms with van der Waals surface area (Å²) in [5, 5.41) is 0. The van der Waals surface area contributed by atoms with Gasteiger partial charge in [0.15, 0.2) is 0 Å². The number of halogens is 2. The van der Waals surface area contributed by atoms with E-state index < -0.39 is 0 Å². The second kappa shape index (κ2) is 6.53. The van der Waals surface area contributed by atoms with Crippen molar-refractivity contribution in [2.45, 2.75) is 24.6 Å². The molecule has 0 N–H and O–H groups in total. The van der Waals surface area contributed by atoms with Crippen LogP contribution >= 0.6 is 31.9 Å². The Labute approximate surface area is 126 Å². The molecule has 2 rings (SSSR count). The maximum atomic E-state index is 3.82. The second-order valence-corrected chi connectivity index (χ2v) is 6.37. The summed E-state index contributed by atoms with van der Waals surface area (Å²) < 4.78 is 1.13. The standard InChI is InChI=1S/C16H16Br2/c1-2-13-5-3-4-6-15(13)16(18)11-12-7-9-14(17)10-8-12/h3-10,16H,2,11H2,1H3. The fraction of sp³-hybridized carbons (Fsp3) is 0.250. The van der Waals surface area contributed by atoms with Gasteiger partial charge in [-0.15, -0.1) is 0 Å². The first kappa shape index (κ1) is 13.8. The van der Waals surface area contributed by atoms with E-state index in [1.54, 1.807) is 0 Å². The lowest BCUT2D eigenvalue weighted by Gasteiger charge is -2.14. The molecule has 0 saturated carbocycles. The van der Waals surface area contributed by atoms with Crippen LogP contribution in [0.1, 0.15) is 28.4 Å². The quantitative estimate of drug-likeness (QED) is 0.609. The van der Waals surface area contributed by atoms with Crippen LogP contribution in [0.15, 0.2) is 53.0 Å². The lowest BCUT2D eigenvalue weighted by atomic mass is 9.98. The van der Waals surface area contributed by atoms with Crippen molar-refractivity contribution in [1.82, 2.24) is 0 Å². The molecule has 2 aromatic carbocycles. The van der Waals surface area contributed by atoms with Crippen LogP contribution in [-0.2, 0) is 12.8 Å². The lowest BCUT2D eigenvalue weighted by molar-refractivity contribution is 0.921. The van der Waals surface area contributed by atoms with Crippen LogP contribution in [0.5, 0.6) is 0 Å². The molecule has 0 fully saturated rings. The van der Waals surface area contributed by atoms with Crippen LogP contribution in [0.2, 0.25) is 0 Å². The first-order valence-electron chi connectivity index (χ1n) is 6.17. The normalized spacial score (nSPS) is 12.4. The molecular formula is C16H16Br2. The Morgan fingerprint density at radius 1 is 1.00 bits per heavy atom. The highest BCUT2D eigenvalue weighted by Crippen LogP contribution is 2.30. The van der Waals surface area contributed by atoms with Crippen LogP contribution in [0, 0.1) is 0 Å². The minimum absolute atomic E-state index is 0.384. The van der Waals surface area contributed by atoms with Crippen molar-refractivity contribution in [3.05, 3.63) is 69.7 Å². The molecule has 94 valence electrons. The summed E-state index contributed by atoms with van der Waals surface area (Å²) in [4.78, 5) is 0.384. The molecule has 18 heavy (non-hydrogen) atoms. The Bertz CT molecular complexity index is 503. The third kappa shape index (κ3) is 3.46. The topological polar surface area (TPSA) is 0 Å². The van der Waals surface area contributed by atoms with Crippen LogP contribution in [0.4, 0.5) is 0 Å². The van der Waals surface area contributed by atoms with Gasteiger partial charge < -0.3 is 0 Å². The van der Waals surface area contributed by atoms with Gasteiger partial charge in [-0.1, -0.05) is 75.2 Å². The van der Waals surface area contributed by atoms with Crippen molar-refractivity contribution in [3.8, 4) is 0 Å². The maximum Gasteiger partial charge on any atom is 0.0438 e. The third-order valence-electron chi connectivity index (χ3n) is 3.10.